The van der Waals surface area contributed by atoms with Crippen LogP contribution in [0.4, 0.5) is 15.8 Å². The van der Waals surface area contributed by atoms with Gasteiger partial charge >= 0.3 is 11.8 Å². The largest absolute Gasteiger partial charge is 0.508 e. The molecule has 3 rings (SSSR count). The Bertz CT molecular complexity index is 815. The molecule has 0 atom stereocenters. The van der Waals surface area contributed by atoms with Crippen LogP contribution in [0.1, 0.15) is 5.56 Å². The molecule has 2 N–H and O–H groups in total. The second-order valence-corrected chi connectivity index (χ2v) is 6.21. The van der Waals surface area contributed by atoms with E-state index in [-0.39, 0.29) is 11.6 Å². The van der Waals surface area contributed by atoms with Crippen molar-refractivity contribution >= 4 is 23.2 Å². The van der Waals surface area contributed by atoms with Crippen LogP contribution in [-0.2, 0) is 9.59 Å². The molecule has 0 aromatic heterocycles. The fourth-order valence-electron chi connectivity index (χ4n) is 2.93. The Balaban J connectivity index is 1.57. The van der Waals surface area contributed by atoms with Crippen molar-refractivity contribution in [2.24, 2.45) is 0 Å². The molecule has 1 heterocycles. The van der Waals surface area contributed by atoms with Crippen LogP contribution in [-0.4, -0.2) is 48.0 Å². The monoisotopic (exact) mass is 357 g/mol. The fourth-order valence-corrected chi connectivity index (χ4v) is 2.93. The molecule has 0 aliphatic carbocycles. The van der Waals surface area contributed by atoms with Gasteiger partial charge in [0.2, 0.25) is 0 Å². The molecule has 7 heteroatoms. The maximum Gasteiger partial charge on any atom is 0.313 e. The SMILES string of the molecule is Cc1cc(O)ccc1NC(=O)C(=O)N1CCN(c2ccc(F)cc2)CC1. The standard InChI is InChI=1S/C19H20FN3O3/c1-13-12-16(24)6-7-17(13)21-18(25)19(26)23-10-8-22(9-11-23)15-4-2-14(20)3-5-15/h2-7,12,24H,8-11H2,1H3,(H,21,25). The molecule has 1 saturated heterocycles. The zero-order valence-corrected chi connectivity index (χ0v) is 14.4. The molecular weight excluding hydrogens is 337 g/mol. The molecule has 0 bridgehead atoms. The molecule has 6 nitrogen and oxygen atoms in total. The van der Waals surface area contributed by atoms with Gasteiger partial charge in [0, 0.05) is 37.6 Å². The van der Waals surface area contributed by atoms with E-state index in [0.29, 0.717) is 37.4 Å². The second kappa shape index (κ2) is 7.43. The summed E-state index contributed by atoms with van der Waals surface area (Å²) in [6.07, 6.45) is 0. The number of hydrogen-bond donors (Lipinski definition) is 2. The summed E-state index contributed by atoms with van der Waals surface area (Å²) < 4.78 is 13.0. The summed E-state index contributed by atoms with van der Waals surface area (Å²) in [7, 11) is 0. The fraction of sp³-hybridized carbons (Fsp3) is 0.263. The maximum atomic E-state index is 13.0. The van der Waals surface area contributed by atoms with Gasteiger partial charge < -0.3 is 20.2 Å². The molecule has 2 aromatic rings. The van der Waals surface area contributed by atoms with E-state index in [1.807, 2.05) is 4.90 Å². The van der Waals surface area contributed by atoms with Gasteiger partial charge in [0.15, 0.2) is 0 Å². The third-order valence-electron chi connectivity index (χ3n) is 4.41. The Labute approximate surface area is 150 Å². The Morgan fingerprint density at radius 1 is 1.04 bits per heavy atom. The highest BCUT2D eigenvalue weighted by Gasteiger charge is 2.26. The third kappa shape index (κ3) is 3.93. The van der Waals surface area contributed by atoms with Crippen molar-refractivity contribution in [2.75, 3.05) is 36.4 Å². The van der Waals surface area contributed by atoms with Crippen molar-refractivity contribution in [3.05, 3.63) is 53.8 Å². The molecule has 0 unspecified atom stereocenters. The lowest BCUT2D eigenvalue weighted by atomic mass is 10.2. The first-order valence-electron chi connectivity index (χ1n) is 8.34. The highest BCUT2D eigenvalue weighted by Crippen LogP contribution is 2.20. The Kier molecular flexibility index (Phi) is 5.06. The van der Waals surface area contributed by atoms with E-state index in [2.05, 4.69) is 5.32 Å². The van der Waals surface area contributed by atoms with E-state index in [1.54, 1.807) is 25.1 Å². The number of amides is 2. The number of hydrogen-bond acceptors (Lipinski definition) is 4. The van der Waals surface area contributed by atoms with Gasteiger partial charge in [-0.3, -0.25) is 9.59 Å². The lowest BCUT2D eigenvalue weighted by Crippen LogP contribution is -2.51. The molecule has 26 heavy (non-hydrogen) atoms. The minimum Gasteiger partial charge on any atom is -0.508 e. The van der Waals surface area contributed by atoms with Crippen LogP contribution in [0.2, 0.25) is 0 Å². The van der Waals surface area contributed by atoms with Crippen molar-refractivity contribution in [2.45, 2.75) is 6.92 Å². The molecule has 1 aliphatic rings. The van der Waals surface area contributed by atoms with Gasteiger partial charge in [0.05, 0.1) is 0 Å². The average Bonchev–Trinajstić information content (AvgIpc) is 2.64. The highest BCUT2D eigenvalue weighted by molar-refractivity contribution is 6.39. The zero-order valence-electron chi connectivity index (χ0n) is 14.4. The summed E-state index contributed by atoms with van der Waals surface area (Å²) >= 11 is 0. The number of benzene rings is 2. The van der Waals surface area contributed by atoms with Gasteiger partial charge in [-0.25, -0.2) is 4.39 Å². The first-order chi connectivity index (χ1) is 12.4. The van der Waals surface area contributed by atoms with Crippen molar-refractivity contribution < 1.29 is 19.1 Å². The topological polar surface area (TPSA) is 72.9 Å². The number of anilines is 2. The molecule has 2 amide bonds. The number of carbonyl (C=O) groups is 2. The normalized spacial score (nSPS) is 14.2. The van der Waals surface area contributed by atoms with E-state index in [4.69, 9.17) is 0 Å². The third-order valence-corrected chi connectivity index (χ3v) is 4.41. The van der Waals surface area contributed by atoms with E-state index in [0.717, 1.165) is 5.69 Å². The van der Waals surface area contributed by atoms with Crippen molar-refractivity contribution in [1.82, 2.24) is 4.90 Å². The second-order valence-electron chi connectivity index (χ2n) is 6.21. The number of phenolic OH excluding ortho intramolecular Hbond substituents is 1. The van der Waals surface area contributed by atoms with E-state index < -0.39 is 11.8 Å². The van der Waals surface area contributed by atoms with Crippen LogP contribution < -0.4 is 10.2 Å². The van der Waals surface area contributed by atoms with Crippen molar-refractivity contribution in [3.63, 3.8) is 0 Å². The minimum atomic E-state index is -0.700. The molecule has 0 radical (unpaired) electrons. The lowest BCUT2D eigenvalue weighted by Gasteiger charge is -2.35. The molecule has 136 valence electrons. The molecule has 1 aliphatic heterocycles. The van der Waals surface area contributed by atoms with Gasteiger partial charge in [0.1, 0.15) is 11.6 Å². The van der Waals surface area contributed by atoms with Gasteiger partial charge in [0.25, 0.3) is 0 Å². The predicted molar refractivity (Wildman–Crippen MR) is 96.7 cm³/mol. The number of nitrogens with zero attached hydrogens (tertiary/aromatic N) is 2. The molecule has 0 spiro atoms. The van der Waals surface area contributed by atoms with Crippen LogP contribution in [0.3, 0.4) is 0 Å². The van der Waals surface area contributed by atoms with E-state index in [1.165, 1.54) is 29.2 Å². The summed E-state index contributed by atoms with van der Waals surface area (Å²) in [6, 6.07) is 10.7. The summed E-state index contributed by atoms with van der Waals surface area (Å²) in [4.78, 5) is 28.1. The van der Waals surface area contributed by atoms with Crippen LogP contribution in [0, 0.1) is 12.7 Å². The molecular formula is C19H20FN3O3. The number of nitrogens with one attached hydrogen (secondary N) is 1. The number of halogens is 1. The predicted octanol–water partition coefficient (Wildman–Crippen LogP) is 2.13. The molecule has 1 fully saturated rings. The lowest BCUT2D eigenvalue weighted by molar-refractivity contribution is -0.143. The minimum absolute atomic E-state index is 0.101. The Morgan fingerprint density at radius 3 is 2.31 bits per heavy atom. The first kappa shape index (κ1) is 17.7. The summed E-state index contributed by atoms with van der Waals surface area (Å²) in [6.45, 7) is 3.71. The number of phenols is 1. The number of aromatic hydroxyl groups is 1. The molecule has 0 saturated carbocycles. The van der Waals surface area contributed by atoms with Crippen LogP contribution in [0.25, 0.3) is 0 Å². The number of piperazine rings is 1. The van der Waals surface area contributed by atoms with Gasteiger partial charge in [-0.15, -0.1) is 0 Å². The van der Waals surface area contributed by atoms with Crippen molar-refractivity contribution in [3.8, 4) is 5.75 Å². The summed E-state index contributed by atoms with van der Waals surface area (Å²) in [5.41, 5.74) is 2.06. The van der Waals surface area contributed by atoms with Gasteiger partial charge in [-0.2, -0.15) is 0 Å². The summed E-state index contributed by atoms with van der Waals surface area (Å²) in [5, 5.41) is 12.0. The smallest absolute Gasteiger partial charge is 0.313 e. The van der Waals surface area contributed by atoms with Crippen LogP contribution in [0.15, 0.2) is 42.5 Å². The van der Waals surface area contributed by atoms with Gasteiger partial charge in [-0.05, 0) is 55.0 Å². The van der Waals surface area contributed by atoms with E-state index >= 15 is 0 Å². The van der Waals surface area contributed by atoms with Gasteiger partial charge in [-0.1, -0.05) is 0 Å². The van der Waals surface area contributed by atoms with E-state index in [9.17, 15) is 19.1 Å². The van der Waals surface area contributed by atoms with Crippen molar-refractivity contribution in [1.29, 1.82) is 0 Å². The number of carbonyl (C=O) groups excluding carboxylic acids is 2. The Morgan fingerprint density at radius 2 is 1.69 bits per heavy atom. The van der Waals surface area contributed by atoms with Crippen LogP contribution >= 0.6 is 0 Å². The number of aryl methyl sites for hydroxylation is 1. The first-order valence-corrected chi connectivity index (χ1v) is 8.34. The molecule has 2 aromatic carbocycles. The Hall–Kier alpha value is -3.09. The highest BCUT2D eigenvalue weighted by atomic mass is 19.1. The quantitative estimate of drug-likeness (QED) is 0.638. The zero-order chi connectivity index (χ0) is 18.7. The summed E-state index contributed by atoms with van der Waals surface area (Å²) in [5.74, 6) is -1.47. The van der Waals surface area contributed by atoms with Crippen LogP contribution in [0.5, 0.6) is 5.75 Å². The average molecular weight is 357 g/mol. The maximum absolute atomic E-state index is 13.0. The number of rotatable bonds is 2.